The molecule has 0 saturated carbocycles. The molecule has 0 bridgehead atoms. The molecule has 0 aliphatic heterocycles. The van der Waals surface area contributed by atoms with Crippen LogP contribution in [0.2, 0.25) is 0 Å². The Balaban J connectivity index is 2.19. The summed E-state index contributed by atoms with van der Waals surface area (Å²) >= 11 is 1.55. The van der Waals surface area contributed by atoms with Crippen LogP contribution < -0.4 is 21.7 Å². The Morgan fingerprint density at radius 2 is 2.05 bits per heavy atom. The van der Waals surface area contributed by atoms with Crippen molar-refractivity contribution in [3.8, 4) is 5.75 Å². The lowest BCUT2D eigenvalue weighted by Crippen LogP contribution is -2.30. The Morgan fingerprint density at radius 1 is 1.29 bits per heavy atom. The number of carbonyl (C=O) groups excluding carboxylic acids is 1. The summed E-state index contributed by atoms with van der Waals surface area (Å²) in [6.45, 7) is 0. The summed E-state index contributed by atoms with van der Waals surface area (Å²) in [4.78, 5) is 12.6. The standard InChI is InChI=1S/C15H17N3O2S/c1-20-11-6-7-13(16)14(8-11)21-9-10-4-2-3-5-12(10)15(19)18-17/h2-8H,9,16-17H2,1H3,(H,18,19). The molecular weight excluding hydrogens is 286 g/mol. The minimum atomic E-state index is -0.301. The maximum Gasteiger partial charge on any atom is 0.265 e. The van der Waals surface area contributed by atoms with Crippen LogP contribution in [-0.2, 0) is 5.75 Å². The minimum absolute atomic E-state index is 0.301. The number of rotatable bonds is 5. The number of anilines is 1. The van der Waals surface area contributed by atoms with Crippen LogP contribution in [0.3, 0.4) is 0 Å². The highest BCUT2D eigenvalue weighted by atomic mass is 32.2. The monoisotopic (exact) mass is 303 g/mol. The van der Waals surface area contributed by atoms with E-state index in [4.69, 9.17) is 16.3 Å². The van der Waals surface area contributed by atoms with Gasteiger partial charge in [0.05, 0.1) is 7.11 Å². The van der Waals surface area contributed by atoms with Gasteiger partial charge in [-0.2, -0.15) is 0 Å². The molecule has 0 aromatic heterocycles. The molecule has 0 fully saturated rings. The van der Waals surface area contributed by atoms with Gasteiger partial charge in [-0.05, 0) is 29.8 Å². The molecule has 1 amide bonds. The van der Waals surface area contributed by atoms with E-state index in [2.05, 4.69) is 5.43 Å². The van der Waals surface area contributed by atoms with Crippen LogP contribution in [0, 0.1) is 0 Å². The molecular formula is C15H17N3O2S. The molecule has 0 spiro atoms. The number of methoxy groups -OCH3 is 1. The van der Waals surface area contributed by atoms with Crippen molar-refractivity contribution < 1.29 is 9.53 Å². The fourth-order valence-electron chi connectivity index (χ4n) is 1.87. The average molecular weight is 303 g/mol. The van der Waals surface area contributed by atoms with E-state index in [0.29, 0.717) is 17.0 Å². The number of nitrogen functional groups attached to an aromatic ring is 2. The van der Waals surface area contributed by atoms with Gasteiger partial charge >= 0.3 is 0 Å². The molecule has 5 N–H and O–H groups in total. The van der Waals surface area contributed by atoms with Crippen molar-refractivity contribution in [1.29, 1.82) is 0 Å². The van der Waals surface area contributed by atoms with Gasteiger partial charge in [0.25, 0.3) is 5.91 Å². The number of thioether (sulfide) groups is 1. The molecule has 0 radical (unpaired) electrons. The molecule has 2 aromatic rings. The van der Waals surface area contributed by atoms with Gasteiger partial charge in [-0.1, -0.05) is 18.2 Å². The summed E-state index contributed by atoms with van der Waals surface area (Å²) in [5.74, 6) is 6.26. The number of ether oxygens (including phenoxy) is 1. The van der Waals surface area contributed by atoms with E-state index < -0.39 is 0 Å². The van der Waals surface area contributed by atoms with Crippen molar-refractivity contribution >= 4 is 23.4 Å². The van der Waals surface area contributed by atoms with Crippen LogP contribution in [0.25, 0.3) is 0 Å². The van der Waals surface area contributed by atoms with Crippen molar-refractivity contribution in [2.45, 2.75) is 10.6 Å². The zero-order valence-electron chi connectivity index (χ0n) is 11.6. The third kappa shape index (κ3) is 3.68. The summed E-state index contributed by atoms with van der Waals surface area (Å²) in [7, 11) is 1.61. The topological polar surface area (TPSA) is 90.4 Å². The summed E-state index contributed by atoms with van der Waals surface area (Å²) < 4.78 is 5.19. The highest BCUT2D eigenvalue weighted by molar-refractivity contribution is 7.98. The fourth-order valence-corrected chi connectivity index (χ4v) is 2.86. The molecule has 2 aromatic carbocycles. The molecule has 0 aliphatic rings. The zero-order chi connectivity index (χ0) is 15.2. The number of amides is 1. The summed E-state index contributed by atoms with van der Waals surface area (Å²) in [5.41, 5.74) is 10.3. The lowest BCUT2D eigenvalue weighted by atomic mass is 10.1. The van der Waals surface area contributed by atoms with Crippen molar-refractivity contribution in [1.82, 2.24) is 5.43 Å². The quantitative estimate of drug-likeness (QED) is 0.259. The van der Waals surface area contributed by atoms with Gasteiger partial charge in [0.1, 0.15) is 5.75 Å². The number of nitrogens with one attached hydrogen (secondary N) is 1. The summed E-state index contributed by atoms with van der Waals surface area (Å²) in [6.07, 6.45) is 0. The molecule has 0 atom stereocenters. The normalized spacial score (nSPS) is 10.2. The van der Waals surface area contributed by atoms with Gasteiger partial charge in [0.2, 0.25) is 0 Å². The Kier molecular flexibility index (Phi) is 5.08. The van der Waals surface area contributed by atoms with Gasteiger partial charge < -0.3 is 10.5 Å². The molecule has 21 heavy (non-hydrogen) atoms. The number of hydrazine groups is 1. The zero-order valence-corrected chi connectivity index (χ0v) is 12.4. The van der Waals surface area contributed by atoms with E-state index in [1.807, 2.05) is 24.3 Å². The Labute approximate surface area is 127 Å². The van der Waals surface area contributed by atoms with E-state index in [9.17, 15) is 4.79 Å². The largest absolute Gasteiger partial charge is 0.497 e. The molecule has 0 heterocycles. The number of nitrogens with two attached hydrogens (primary N) is 2. The molecule has 0 saturated heterocycles. The Bertz CT molecular complexity index is 647. The van der Waals surface area contributed by atoms with Crippen LogP contribution in [-0.4, -0.2) is 13.0 Å². The first-order chi connectivity index (χ1) is 10.2. The number of hydrogen-bond acceptors (Lipinski definition) is 5. The van der Waals surface area contributed by atoms with Crippen LogP contribution in [0.15, 0.2) is 47.4 Å². The second-order valence-corrected chi connectivity index (χ2v) is 5.34. The number of hydrogen-bond donors (Lipinski definition) is 3. The maximum absolute atomic E-state index is 11.7. The SMILES string of the molecule is COc1ccc(N)c(SCc2ccccc2C(=O)NN)c1. The van der Waals surface area contributed by atoms with Crippen LogP contribution in [0.4, 0.5) is 5.69 Å². The van der Waals surface area contributed by atoms with Crippen molar-refractivity contribution in [2.75, 3.05) is 12.8 Å². The third-order valence-corrected chi connectivity index (χ3v) is 4.12. The highest BCUT2D eigenvalue weighted by Gasteiger charge is 2.10. The Morgan fingerprint density at radius 3 is 2.76 bits per heavy atom. The first-order valence-electron chi connectivity index (χ1n) is 6.31. The molecule has 0 aliphatic carbocycles. The summed E-state index contributed by atoms with van der Waals surface area (Å²) in [6, 6.07) is 12.8. The van der Waals surface area contributed by atoms with E-state index in [1.165, 1.54) is 0 Å². The van der Waals surface area contributed by atoms with E-state index in [-0.39, 0.29) is 5.91 Å². The fraction of sp³-hybridized carbons (Fsp3) is 0.133. The van der Waals surface area contributed by atoms with Gasteiger partial charge in [-0.25, -0.2) is 5.84 Å². The Hall–Kier alpha value is -2.18. The lowest BCUT2D eigenvalue weighted by Gasteiger charge is -2.10. The predicted molar refractivity (Wildman–Crippen MR) is 85.1 cm³/mol. The van der Waals surface area contributed by atoms with Crippen molar-refractivity contribution in [2.24, 2.45) is 5.84 Å². The van der Waals surface area contributed by atoms with Crippen LogP contribution in [0.5, 0.6) is 5.75 Å². The lowest BCUT2D eigenvalue weighted by molar-refractivity contribution is 0.0953. The second-order valence-electron chi connectivity index (χ2n) is 4.32. The first kappa shape index (κ1) is 15.2. The van der Waals surface area contributed by atoms with Crippen molar-refractivity contribution in [3.05, 3.63) is 53.6 Å². The van der Waals surface area contributed by atoms with Crippen LogP contribution >= 0.6 is 11.8 Å². The van der Waals surface area contributed by atoms with Gasteiger partial charge in [0, 0.05) is 21.9 Å². The van der Waals surface area contributed by atoms with E-state index in [0.717, 1.165) is 16.2 Å². The molecule has 6 heteroatoms. The maximum atomic E-state index is 11.7. The van der Waals surface area contributed by atoms with Crippen molar-refractivity contribution in [3.63, 3.8) is 0 Å². The highest BCUT2D eigenvalue weighted by Crippen LogP contribution is 2.32. The smallest absolute Gasteiger partial charge is 0.265 e. The van der Waals surface area contributed by atoms with Gasteiger partial charge in [0.15, 0.2) is 0 Å². The average Bonchev–Trinajstić information content (AvgIpc) is 2.53. The molecule has 5 nitrogen and oxygen atoms in total. The predicted octanol–water partition coefficient (Wildman–Crippen LogP) is 2.17. The van der Waals surface area contributed by atoms with E-state index in [1.54, 1.807) is 37.1 Å². The second kappa shape index (κ2) is 7.01. The first-order valence-corrected chi connectivity index (χ1v) is 7.29. The van der Waals surface area contributed by atoms with Gasteiger partial charge in [-0.3, -0.25) is 10.2 Å². The van der Waals surface area contributed by atoms with Gasteiger partial charge in [-0.15, -0.1) is 11.8 Å². The molecule has 2 rings (SSSR count). The number of benzene rings is 2. The molecule has 110 valence electrons. The third-order valence-electron chi connectivity index (χ3n) is 3.00. The van der Waals surface area contributed by atoms with E-state index >= 15 is 0 Å². The van der Waals surface area contributed by atoms with Crippen LogP contribution in [0.1, 0.15) is 15.9 Å². The minimum Gasteiger partial charge on any atom is -0.497 e. The molecule has 0 unspecified atom stereocenters. The summed E-state index contributed by atoms with van der Waals surface area (Å²) in [5, 5.41) is 0. The number of carbonyl (C=O) groups is 1.